The van der Waals surface area contributed by atoms with Crippen LogP contribution >= 0.6 is 11.6 Å². The molecule has 0 aliphatic carbocycles. The molecule has 2 N–H and O–H groups in total. The Kier molecular flexibility index (Phi) is 6.35. The van der Waals surface area contributed by atoms with E-state index in [0.717, 1.165) is 5.56 Å². The zero-order valence-electron chi connectivity index (χ0n) is 15.9. The van der Waals surface area contributed by atoms with Crippen molar-refractivity contribution in [1.29, 1.82) is 5.26 Å². The summed E-state index contributed by atoms with van der Waals surface area (Å²) < 4.78 is 5.68. The van der Waals surface area contributed by atoms with Crippen LogP contribution in [0.25, 0.3) is 17.4 Å². The predicted molar refractivity (Wildman–Crippen MR) is 113 cm³/mol. The minimum absolute atomic E-state index is 0.0111. The third kappa shape index (κ3) is 4.77. The monoisotopic (exact) mass is 420 g/mol. The number of nitrogens with one attached hydrogen (secondary N) is 1. The molecule has 0 aliphatic rings. The van der Waals surface area contributed by atoms with E-state index >= 15 is 0 Å². The van der Waals surface area contributed by atoms with E-state index in [9.17, 15) is 14.9 Å². The number of hydrogen-bond acceptors (Lipinski definition) is 4. The molecule has 6 nitrogen and oxygen atoms in total. The molecule has 0 aliphatic heterocycles. The zero-order chi connectivity index (χ0) is 21.7. The molecule has 1 amide bonds. The Hall–Kier alpha value is -3.82. The Morgan fingerprint density at radius 2 is 1.90 bits per heavy atom. The molecule has 1 aromatic heterocycles. The van der Waals surface area contributed by atoms with Crippen molar-refractivity contribution in [2.45, 2.75) is 13.0 Å². The number of amides is 1. The van der Waals surface area contributed by atoms with Crippen molar-refractivity contribution in [3.63, 3.8) is 0 Å². The smallest absolute Gasteiger partial charge is 0.337 e. The molecule has 3 rings (SSSR count). The number of benzene rings is 2. The molecule has 0 saturated carbocycles. The van der Waals surface area contributed by atoms with Crippen LogP contribution in [0, 0.1) is 11.3 Å². The SMILES string of the molecule is C[C@H](NC(=O)/C(C#N)=C/c1ccc(-c2ccc(C(=O)O)c(Cl)c2)o1)c1ccccc1. The lowest BCUT2D eigenvalue weighted by atomic mass is 10.1. The first-order chi connectivity index (χ1) is 14.4. The minimum atomic E-state index is -1.12. The first-order valence-electron chi connectivity index (χ1n) is 8.99. The highest BCUT2D eigenvalue weighted by Crippen LogP contribution is 2.28. The van der Waals surface area contributed by atoms with Gasteiger partial charge >= 0.3 is 5.97 Å². The van der Waals surface area contributed by atoms with E-state index in [1.807, 2.05) is 43.3 Å². The van der Waals surface area contributed by atoms with Gasteiger partial charge in [0.1, 0.15) is 23.2 Å². The summed E-state index contributed by atoms with van der Waals surface area (Å²) in [5, 5.41) is 21.3. The number of carboxylic acids is 1. The number of halogens is 1. The summed E-state index contributed by atoms with van der Waals surface area (Å²) in [6, 6.07) is 18.7. The molecule has 7 heteroatoms. The van der Waals surface area contributed by atoms with Crippen molar-refractivity contribution >= 4 is 29.6 Å². The lowest BCUT2D eigenvalue weighted by molar-refractivity contribution is -0.117. The van der Waals surface area contributed by atoms with E-state index in [2.05, 4.69) is 5.32 Å². The molecular weight excluding hydrogens is 404 g/mol. The first-order valence-corrected chi connectivity index (χ1v) is 9.37. The van der Waals surface area contributed by atoms with Crippen LogP contribution in [0.15, 0.2) is 70.7 Å². The standard InChI is InChI=1S/C23H17ClN2O4/c1-14(15-5-3-2-4-6-15)26-22(27)17(13-25)11-18-8-10-21(30-18)16-7-9-19(23(28)29)20(24)12-16/h2-12,14H,1H3,(H,26,27)(H,28,29)/b17-11+/t14-/m0/s1. The Bertz CT molecular complexity index is 1160. The molecule has 150 valence electrons. The van der Waals surface area contributed by atoms with Crippen LogP contribution in [0.5, 0.6) is 0 Å². The summed E-state index contributed by atoms with van der Waals surface area (Å²) in [5.41, 5.74) is 1.39. The number of rotatable bonds is 6. The summed E-state index contributed by atoms with van der Waals surface area (Å²) in [5.74, 6) is -0.900. The van der Waals surface area contributed by atoms with Crippen molar-refractivity contribution in [2.75, 3.05) is 0 Å². The van der Waals surface area contributed by atoms with Gasteiger partial charge in [0.25, 0.3) is 5.91 Å². The summed E-state index contributed by atoms with van der Waals surface area (Å²) in [4.78, 5) is 23.5. The summed E-state index contributed by atoms with van der Waals surface area (Å²) in [6.07, 6.45) is 1.35. The van der Waals surface area contributed by atoms with E-state index < -0.39 is 11.9 Å². The Balaban J connectivity index is 1.78. The van der Waals surface area contributed by atoms with Gasteiger partial charge in [-0.05, 0) is 36.8 Å². The maximum absolute atomic E-state index is 12.5. The number of carbonyl (C=O) groups excluding carboxylic acids is 1. The number of carboxylic acid groups (broad SMARTS) is 1. The van der Waals surface area contributed by atoms with Crippen molar-refractivity contribution in [3.8, 4) is 17.4 Å². The van der Waals surface area contributed by atoms with E-state index in [1.54, 1.807) is 18.2 Å². The van der Waals surface area contributed by atoms with Crippen LogP contribution in [-0.4, -0.2) is 17.0 Å². The zero-order valence-corrected chi connectivity index (χ0v) is 16.7. The van der Waals surface area contributed by atoms with Crippen LogP contribution < -0.4 is 5.32 Å². The van der Waals surface area contributed by atoms with Crippen molar-refractivity contribution < 1.29 is 19.1 Å². The van der Waals surface area contributed by atoms with Crippen molar-refractivity contribution in [1.82, 2.24) is 5.32 Å². The van der Waals surface area contributed by atoms with E-state index in [-0.39, 0.29) is 22.2 Å². The van der Waals surface area contributed by atoms with E-state index in [1.165, 1.54) is 18.2 Å². The fourth-order valence-corrected chi connectivity index (χ4v) is 3.08. The largest absolute Gasteiger partial charge is 0.478 e. The van der Waals surface area contributed by atoms with Crippen molar-refractivity contribution in [3.05, 3.63) is 88.1 Å². The average molecular weight is 421 g/mol. The second-order valence-electron chi connectivity index (χ2n) is 6.48. The van der Waals surface area contributed by atoms with Gasteiger partial charge in [0.15, 0.2) is 0 Å². The summed E-state index contributed by atoms with van der Waals surface area (Å²) in [7, 11) is 0. The van der Waals surface area contributed by atoms with Gasteiger partial charge in [-0.15, -0.1) is 0 Å². The molecule has 0 bridgehead atoms. The first kappa shape index (κ1) is 20.9. The second-order valence-corrected chi connectivity index (χ2v) is 6.88. The van der Waals surface area contributed by atoms with Gasteiger partial charge in [-0.3, -0.25) is 4.79 Å². The lowest BCUT2D eigenvalue weighted by Crippen LogP contribution is -2.27. The van der Waals surface area contributed by atoms with Gasteiger partial charge in [-0.1, -0.05) is 48.0 Å². The van der Waals surface area contributed by atoms with Crippen LogP contribution in [0.1, 0.15) is 34.6 Å². The average Bonchev–Trinajstić information content (AvgIpc) is 3.20. The molecule has 1 heterocycles. The Labute approximate surface area is 178 Å². The highest BCUT2D eigenvalue weighted by Gasteiger charge is 2.15. The van der Waals surface area contributed by atoms with Gasteiger partial charge < -0.3 is 14.8 Å². The van der Waals surface area contributed by atoms with E-state index in [4.69, 9.17) is 21.1 Å². The highest BCUT2D eigenvalue weighted by molar-refractivity contribution is 6.33. The van der Waals surface area contributed by atoms with Crippen LogP contribution in [0.4, 0.5) is 0 Å². The number of nitriles is 1. The number of carbonyl (C=O) groups is 2. The minimum Gasteiger partial charge on any atom is -0.478 e. The maximum atomic E-state index is 12.5. The summed E-state index contributed by atoms with van der Waals surface area (Å²) in [6.45, 7) is 1.83. The highest BCUT2D eigenvalue weighted by atomic mass is 35.5. The fourth-order valence-electron chi connectivity index (χ4n) is 2.82. The Morgan fingerprint density at radius 3 is 2.53 bits per heavy atom. The van der Waals surface area contributed by atoms with Gasteiger partial charge in [-0.25, -0.2) is 4.79 Å². The van der Waals surface area contributed by atoms with Gasteiger partial charge in [-0.2, -0.15) is 5.26 Å². The van der Waals surface area contributed by atoms with Crippen LogP contribution in [0.2, 0.25) is 5.02 Å². The van der Waals surface area contributed by atoms with Gasteiger partial charge in [0, 0.05) is 11.6 Å². The van der Waals surface area contributed by atoms with Crippen molar-refractivity contribution in [2.24, 2.45) is 0 Å². The third-order valence-electron chi connectivity index (χ3n) is 4.41. The van der Waals surface area contributed by atoms with Gasteiger partial charge in [0.2, 0.25) is 0 Å². The number of furan rings is 1. The van der Waals surface area contributed by atoms with Crippen LogP contribution in [-0.2, 0) is 4.79 Å². The normalized spacial score (nSPS) is 12.1. The summed E-state index contributed by atoms with van der Waals surface area (Å²) >= 11 is 6.00. The topological polar surface area (TPSA) is 103 Å². The molecule has 0 radical (unpaired) electrons. The number of aromatic carboxylic acids is 1. The lowest BCUT2D eigenvalue weighted by Gasteiger charge is -2.13. The molecule has 2 aromatic carbocycles. The third-order valence-corrected chi connectivity index (χ3v) is 4.72. The van der Waals surface area contributed by atoms with Crippen LogP contribution in [0.3, 0.4) is 0 Å². The molecule has 0 saturated heterocycles. The molecule has 0 unspecified atom stereocenters. The molecule has 0 spiro atoms. The van der Waals surface area contributed by atoms with Gasteiger partial charge in [0.05, 0.1) is 16.6 Å². The molecule has 0 fully saturated rings. The predicted octanol–water partition coefficient (Wildman–Crippen LogP) is 5.08. The molecule has 3 aromatic rings. The fraction of sp³-hybridized carbons (Fsp3) is 0.0870. The number of hydrogen-bond donors (Lipinski definition) is 2. The molecule has 30 heavy (non-hydrogen) atoms. The quantitative estimate of drug-likeness (QED) is 0.427. The Morgan fingerprint density at radius 1 is 1.17 bits per heavy atom. The van der Waals surface area contributed by atoms with E-state index in [0.29, 0.717) is 17.1 Å². The molecular formula is C23H17ClN2O4. The molecule has 1 atom stereocenters. The number of nitrogens with zero attached hydrogens (tertiary/aromatic N) is 1. The maximum Gasteiger partial charge on any atom is 0.337 e. The second kappa shape index (κ2) is 9.12.